The molecule has 0 spiro atoms. The molecule has 2 nitrogen and oxygen atoms in total. The molecule has 1 aliphatic carbocycles. The normalized spacial score (nSPS) is 17.6. The molecule has 0 bridgehead atoms. The van der Waals surface area contributed by atoms with E-state index < -0.39 is 6.61 Å². The van der Waals surface area contributed by atoms with Gasteiger partial charge in [-0.25, -0.2) is 0 Å². The molecule has 0 saturated heterocycles. The zero-order chi connectivity index (χ0) is 14.8. The van der Waals surface area contributed by atoms with Gasteiger partial charge in [-0.05, 0) is 65.6 Å². The minimum absolute atomic E-state index is 0.163. The van der Waals surface area contributed by atoms with Gasteiger partial charge in [-0.1, -0.05) is 12.1 Å². The highest BCUT2D eigenvalue weighted by molar-refractivity contribution is 14.1. The molecule has 1 aliphatic rings. The summed E-state index contributed by atoms with van der Waals surface area (Å²) in [5, 5.41) is 3.37. The van der Waals surface area contributed by atoms with Crippen LogP contribution < -0.4 is 10.1 Å². The van der Waals surface area contributed by atoms with Gasteiger partial charge in [-0.15, -0.1) is 11.3 Å². The number of ether oxygens (including phenoxy) is 1. The third-order valence-electron chi connectivity index (χ3n) is 3.52. The van der Waals surface area contributed by atoms with E-state index in [4.69, 9.17) is 0 Å². The number of rotatable bonds is 4. The first-order chi connectivity index (χ1) is 10.1. The van der Waals surface area contributed by atoms with Crippen molar-refractivity contribution in [3.05, 3.63) is 43.7 Å². The second-order valence-electron chi connectivity index (χ2n) is 4.89. The standard InChI is InChI=1S/C15H14F2INOS/c16-15(17)20-12-6-2-1-4-11(12)19-10-5-3-7-13-9(10)8-14(18)21-13/h1-2,4,6,8,10,15,19H,3,5,7H2. The van der Waals surface area contributed by atoms with E-state index in [1.54, 1.807) is 18.2 Å². The maximum Gasteiger partial charge on any atom is 0.387 e. The van der Waals surface area contributed by atoms with Crippen molar-refractivity contribution >= 4 is 39.6 Å². The fourth-order valence-electron chi connectivity index (χ4n) is 2.64. The van der Waals surface area contributed by atoms with Crippen LogP contribution in [0.3, 0.4) is 0 Å². The monoisotopic (exact) mass is 421 g/mol. The number of nitrogens with one attached hydrogen (secondary N) is 1. The Morgan fingerprint density at radius 3 is 2.95 bits per heavy atom. The second kappa shape index (κ2) is 6.48. The van der Waals surface area contributed by atoms with Gasteiger partial charge in [-0.2, -0.15) is 8.78 Å². The van der Waals surface area contributed by atoms with Crippen LogP contribution >= 0.6 is 33.9 Å². The summed E-state index contributed by atoms with van der Waals surface area (Å²) in [6.45, 7) is -2.81. The van der Waals surface area contributed by atoms with Crippen LogP contribution in [-0.2, 0) is 6.42 Å². The molecule has 21 heavy (non-hydrogen) atoms. The van der Waals surface area contributed by atoms with Gasteiger partial charge in [0.05, 0.1) is 14.6 Å². The first-order valence-corrected chi connectivity index (χ1v) is 8.61. The van der Waals surface area contributed by atoms with Crippen molar-refractivity contribution in [3.63, 3.8) is 0 Å². The number of fused-ring (bicyclic) bond motifs is 1. The van der Waals surface area contributed by atoms with Crippen molar-refractivity contribution in [2.24, 2.45) is 0 Å². The quantitative estimate of drug-likeness (QED) is 0.664. The molecule has 1 N–H and O–H groups in total. The van der Waals surface area contributed by atoms with E-state index in [1.807, 2.05) is 17.4 Å². The number of benzene rings is 1. The summed E-state index contributed by atoms with van der Waals surface area (Å²) >= 11 is 4.15. The Morgan fingerprint density at radius 1 is 1.33 bits per heavy atom. The summed E-state index contributed by atoms with van der Waals surface area (Å²) in [6.07, 6.45) is 3.22. The highest BCUT2D eigenvalue weighted by Gasteiger charge is 2.23. The molecule has 1 aromatic carbocycles. The van der Waals surface area contributed by atoms with Crippen LogP contribution in [0.1, 0.15) is 29.3 Å². The average molecular weight is 421 g/mol. The molecule has 1 heterocycles. The zero-order valence-corrected chi connectivity index (χ0v) is 14.1. The molecule has 0 amide bonds. The molecule has 0 saturated carbocycles. The van der Waals surface area contributed by atoms with Crippen molar-refractivity contribution in [2.75, 3.05) is 5.32 Å². The minimum Gasteiger partial charge on any atom is -0.433 e. The average Bonchev–Trinajstić information content (AvgIpc) is 2.82. The summed E-state index contributed by atoms with van der Waals surface area (Å²) < 4.78 is 30.8. The predicted molar refractivity (Wildman–Crippen MR) is 89.4 cm³/mol. The fourth-order valence-corrected chi connectivity index (χ4v) is 4.76. The molecule has 0 fully saturated rings. The molecule has 0 radical (unpaired) electrons. The number of hydrogen-bond donors (Lipinski definition) is 1. The fraction of sp³-hybridized carbons (Fsp3) is 0.333. The van der Waals surface area contributed by atoms with Crippen LogP contribution in [0.4, 0.5) is 14.5 Å². The van der Waals surface area contributed by atoms with Gasteiger partial charge in [0, 0.05) is 4.88 Å². The smallest absolute Gasteiger partial charge is 0.387 e. The van der Waals surface area contributed by atoms with E-state index in [0.29, 0.717) is 5.69 Å². The van der Waals surface area contributed by atoms with Crippen LogP contribution in [0.25, 0.3) is 0 Å². The lowest BCUT2D eigenvalue weighted by atomic mass is 9.94. The maximum absolute atomic E-state index is 12.5. The summed E-state index contributed by atoms with van der Waals surface area (Å²) in [6, 6.07) is 9.22. The molecular formula is C15H14F2INOS. The van der Waals surface area contributed by atoms with Crippen LogP contribution in [0, 0.1) is 2.88 Å². The van der Waals surface area contributed by atoms with Crippen LogP contribution in [0.2, 0.25) is 0 Å². The highest BCUT2D eigenvalue weighted by Crippen LogP contribution is 2.39. The number of para-hydroxylation sites is 2. The molecule has 1 unspecified atom stereocenters. The Morgan fingerprint density at radius 2 is 2.14 bits per heavy atom. The van der Waals surface area contributed by atoms with E-state index in [9.17, 15) is 8.78 Å². The molecule has 1 atom stereocenters. The highest BCUT2D eigenvalue weighted by atomic mass is 127. The third kappa shape index (κ3) is 3.48. The first kappa shape index (κ1) is 15.0. The lowest BCUT2D eigenvalue weighted by Crippen LogP contribution is -2.16. The summed E-state index contributed by atoms with van der Waals surface area (Å²) in [5.41, 5.74) is 1.92. The van der Waals surface area contributed by atoms with E-state index >= 15 is 0 Å². The summed E-state index contributed by atoms with van der Waals surface area (Å²) in [5.74, 6) is 0.199. The molecule has 0 aliphatic heterocycles. The molecule has 112 valence electrons. The van der Waals surface area contributed by atoms with Crippen molar-refractivity contribution in [1.82, 2.24) is 0 Å². The summed E-state index contributed by atoms with van der Waals surface area (Å²) in [4.78, 5) is 1.40. The van der Waals surface area contributed by atoms with Gasteiger partial charge in [0.15, 0.2) is 0 Å². The van der Waals surface area contributed by atoms with Crippen LogP contribution in [0.5, 0.6) is 5.75 Å². The third-order valence-corrected chi connectivity index (χ3v) is 5.49. The Kier molecular flexibility index (Phi) is 4.63. The van der Waals surface area contributed by atoms with Gasteiger partial charge in [-0.3, -0.25) is 0 Å². The number of halogens is 3. The Hall–Kier alpha value is -0.890. The Labute approximate surface area is 139 Å². The van der Waals surface area contributed by atoms with Crippen LogP contribution in [0.15, 0.2) is 30.3 Å². The second-order valence-corrected chi connectivity index (χ2v) is 7.92. The van der Waals surface area contributed by atoms with Crippen molar-refractivity contribution < 1.29 is 13.5 Å². The molecule has 2 aromatic rings. The largest absolute Gasteiger partial charge is 0.433 e. The number of aryl methyl sites for hydroxylation is 1. The number of anilines is 1. The van der Waals surface area contributed by atoms with Crippen molar-refractivity contribution in [2.45, 2.75) is 31.9 Å². The maximum atomic E-state index is 12.5. The minimum atomic E-state index is -2.81. The molecular weight excluding hydrogens is 407 g/mol. The van der Waals surface area contributed by atoms with E-state index in [-0.39, 0.29) is 11.8 Å². The van der Waals surface area contributed by atoms with E-state index in [0.717, 1.165) is 19.3 Å². The van der Waals surface area contributed by atoms with Gasteiger partial charge in [0.2, 0.25) is 0 Å². The van der Waals surface area contributed by atoms with Gasteiger partial charge in [0.25, 0.3) is 0 Å². The lowest BCUT2D eigenvalue weighted by molar-refractivity contribution is -0.0493. The Bertz CT molecular complexity index is 632. The van der Waals surface area contributed by atoms with Crippen molar-refractivity contribution in [1.29, 1.82) is 0 Å². The first-order valence-electron chi connectivity index (χ1n) is 6.72. The van der Waals surface area contributed by atoms with Crippen molar-refractivity contribution in [3.8, 4) is 5.75 Å². The molecule has 6 heteroatoms. The molecule has 3 rings (SSSR count). The van der Waals surface area contributed by atoms with Gasteiger partial charge >= 0.3 is 6.61 Å². The Balaban J connectivity index is 1.84. The number of alkyl halides is 2. The van der Waals surface area contributed by atoms with Gasteiger partial charge in [0.1, 0.15) is 5.75 Å². The van der Waals surface area contributed by atoms with E-state index in [2.05, 4.69) is 38.7 Å². The summed E-state index contributed by atoms with van der Waals surface area (Å²) in [7, 11) is 0. The predicted octanol–water partition coefficient (Wildman–Crippen LogP) is 5.44. The lowest BCUT2D eigenvalue weighted by Gasteiger charge is -2.25. The number of thiophene rings is 1. The van der Waals surface area contributed by atoms with Gasteiger partial charge < -0.3 is 10.1 Å². The molecule has 1 aromatic heterocycles. The van der Waals surface area contributed by atoms with E-state index in [1.165, 1.54) is 13.3 Å². The topological polar surface area (TPSA) is 21.3 Å². The number of hydrogen-bond acceptors (Lipinski definition) is 3. The SMILES string of the molecule is FC(F)Oc1ccccc1NC1CCCc2sc(I)cc21. The zero-order valence-electron chi connectivity index (χ0n) is 11.1. The van der Waals surface area contributed by atoms with Crippen LogP contribution in [-0.4, -0.2) is 6.61 Å².